The van der Waals surface area contributed by atoms with Crippen LogP contribution in [0.15, 0.2) is 59.2 Å². The van der Waals surface area contributed by atoms with Crippen LogP contribution in [-0.4, -0.2) is 11.5 Å². The van der Waals surface area contributed by atoms with E-state index in [9.17, 15) is 0 Å². The lowest BCUT2D eigenvalue weighted by Crippen LogP contribution is -2.83. The molecule has 102 valence electrons. The van der Waals surface area contributed by atoms with Gasteiger partial charge < -0.3 is 10.3 Å². The summed E-state index contributed by atoms with van der Waals surface area (Å²) in [6, 6.07) is 16.9. The summed E-state index contributed by atoms with van der Waals surface area (Å²) in [5.41, 5.74) is 3.99. The average molecular weight is 330 g/mol. The molecule has 3 heteroatoms. The largest absolute Gasteiger partial charge is 0.361 e. The maximum absolute atomic E-state index is 3.59. The summed E-state index contributed by atoms with van der Waals surface area (Å²) in [5, 5.41) is 3.71. The summed E-state index contributed by atoms with van der Waals surface area (Å²) in [6.45, 7) is 2.12. The fourth-order valence-corrected chi connectivity index (χ4v) is 2.96. The van der Waals surface area contributed by atoms with Crippen LogP contribution < -0.4 is 5.32 Å². The molecular formula is C17H18BrN2+. The van der Waals surface area contributed by atoms with Crippen molar-refractivity contribution >= 4 is 26.8 Å². The smallest absolute Gasteiger partial charge is 0.102 e. The third-order valence-corrected chi connectivity index (χ3v) is 4.39. The Morgan fingerprint density at radius 3 is 2.65 bits per heavy atom. The maximum Gasteiger partial charge on any atom is 0.102 e. The highest BCUT2D eigenvalue weighted by Crippen LogP contribution is 2.17. The van der Waals surface area contributed by atoms with Crippen LogP contribution in [0.3, 0.4) is 0 Å². The summed E-state index contributed by atoms with van der Waals surface area (Å²) in [5.74, 6) is 0. The first kappa shape index (κ1) is 13.4. The first-order valence-electron chi connectivity index (χ1n) is 6.94. The van der Waals surface area contributed by atoms with Gasteiger partial charge in [-0.1, -0.05) is 52.3 Å². The van der Waals surface area contributed by atoms with Crippen molar-refractivity contribution < 1.29 is 5.32 Å². The van der Waals surface area contributed by atoms with Gasteiger partial charge in [0.2, 0.25) is 0 Å². The predicted molar refractivity (Wildman–Crippen MR) is 86.6 cm³/mol. The molecule has 0 saturated heterocycles. The van der Waals surface area contributed by atoms with Crippen molar-refractivity contribution in [2.75, 3.05) is 6.54 Å². The van der Waals surface area contributed by atoms with E-state index in [2.05, 4.69) is 81.0 Å². The number of aromatic amines is 1. The molecule has 0 bridgehead atoms. The van der Waals surface area contributed by atoms with Gasteiger partial charge in [0.25, 0.3) is 0 Å². The van der Waals surface area contributed by atoms with Gasteiger partial charge >= 0.3 is 0 Å². The molecule has 0 atom stereocenters. The Balaban J connectivity index is 1.57. The minimum atomic E-state index is 1.02. The van der Waals surface area contributed by atoms with Crippen LogP contribution in [0.5, 0.6) is 0 Å². The predicted octanol–water partition coefficient (Wildman–Crippen LogP) is 3.24. The molecule has 2 nitrogen and oxygen atoms in total. The summed E-state index contributed by atoms with van der Waals surface area (Å²) in [4.78, 5) is 3.33. The molecule has 0 aliphatic heterocycles. The number of hydrogen-bond acceptors (Lipinski definition) is 0. The van der Waals surface area contributed by atoms with Crippen molar-refractivity contribution in [1.82, 2.24) is 4.98 Å². The molecular weight excluding hydrogens is 312 g/mol. The molecule has 0 spiro atoms. The van der Waals surface area contributed by atoms with Gasteiger partial charge in [-0.2, -0.15) is 0 Å². The topological polar surface area (TPSA) is 32.4 Å². The Labute approximate surface area is 127 Å². The van der Waals surface area contributed by atoms with Crippen molar-refractivity contribution in [2.24, 2.45) is 0 Å². The van der Waals surface area contributed by atoms with E-state index in [1.54, 1.807) is 0 Å². The minimum Gasteiger partial charge on any atom is -0.361 e. The molecule has 1 aromatic heterocycles. The molecule has 1 heterocycles. The van der Waals surface area contributed by atoms with E-state index < -0.39 is 0 Å². The zero-order valence-corrected chi connectivity index (χ0v) is 12.9. The zero-order valence-electron chi connectivity index (χ0n) is 11.3. The SMILES string of the molecule is Brc1ccccc1C[NH2+]CCc1c[nH]c2ccccc12. The second kappa shape index (κ2) is 6.25. The monoisotopic (exact) mass is 329 g/mol. The van der Waals surface area contributed by atoms with Gasteiger partial charge in [0.05, 0.1) is 6.54 Å². The van der Waals surface area contributed by atoms with Crippen LogP contribution in [0.2, 0.25) is 0 Å². The first-order chi connectivity index (χ1) is 9.84. The van der Waals surface area contributed by atoms with Crippen molar-refractivity contribution in [3.8, 4) is 0 Å². The van der Waals surface area contributed by atoms with E-state index >= 15 is 0 Å². The molecule has 3 N–H and O–H groups in total. The number of nitrogens with two attached hydrogens (primary N) is 1. The molecule has 0 amide bonds. The van der Waals surface area contributed by atoms with Crippen LogP contribution >= 0.6 is 15.9 Å². The number of quaternary nitrogens is 1. The minimum absolute atomic E-state index is 1.02. The second-order valence-corrected chi connectivity index (χ2v) is 5.84. The number of fused-ring (bicyclic) bond motifs is 1. The fraction of sp³-hybridized carbons (Fsp3) is 0.176. The Kier molecular flexibility index (Phi) is 4.19. The van der Waals surface area contributed by atoms with E-state index in [4.69, 9.17) is 0 Å². The summed E-state index contributed by atoms with van der Waals surface area (Å²) < 4.78 is 1.20. The van der Waals surface area contributed by atoms with E-state index in [1.807, 2.05) is 0 Å². The Morgan fingerprint density at radius 2 is 1.75 bits per heavy atom. The normalized spacial score (nSPS) is 11.1. The number of para-hydroxylation sites is 1. The number of rotatable bonds is 5. The number of hydrogen-bond donors (Lipinski definition) is 2. The number of aromatic nitrogens is 1. The quantitative estimate of drug-likeness (QED) is 0.674. The lowest BCUT2D eigenvalue weighted by atomic mass is 10.1. The molecule has 3 rings (SSSR count). The fourth-order valence-electron chi connectivity index (χ4n) is 2.52. The number of nitrogens with one attached hydrogen (secondary N) is 1. The molecule has 0 radical (unpaired) electrons. The molecule has 0 unspecified atom stereocenters. The van der Waals surface area contributed by atoms with Crippen LogP contribution in [0.4, 0.5) is 0 Å². The van der Waals surface area contributed by atoms with Gasteiger partial charge in [-0.15, -0.1) is 0 Å². The lowest BCUT2D eigenvalue weighted by molar-refractivity contribution is -0.670. The first-order valence-corrected chi connectivity index (χ1v) is 7.74. The van der Waals surface area contributed by atoms with Gasteiger partial charge in [-0.25, -0.2) is 0 Å². The van der Waals surface area contributed by atoms with Gasteiger partial charge in [0.1, 0.15) is 6.54 Å². The Hall–Kier alpha value is -1.58. The van der Waals surface area contributed by atoms with E-state index in [-0.39, 0.29) is 0 Å². The third-order valence-electron chi connectivity index (χ3n) is 3.61. The molecule has 0 saturated carbocycles. The standard InChI is InChI=1S/C17H17BrN2/c18-16-7-3-1-5-14(16)11-19-10-9-13-12-20-17-8-4-2-6-15(13)17/h1-8,12,19-20H,9-11H2/p+1. The van der Waals surface area contributed by atoms with Gasteiger partial charge in [0.15, 0.2) is 0 Å². The Morgan fingerprint density at radius 1 is 0.950 bits per heavy atom. The number of halogens is 1. The van der Waals surface area contributed by atoms with E-state index in [0.29, 0.717) is 0 Å². The Bertz CT molecular complexity index is 703. The maximum atomic E-state index is 3.59. The van der Waals surface area contributed by atoms with Gasteiger partial charge in [0, 0.05) is 33.6 Å². The lowest BCUT2D eigenvalue weighted by Gasteiger charge is -2.04. The van der Waals surface area contributed by atoms with Crippen LogP contribution in [0, 0.1) is 0 Å². The van der Waals surface area contributed by atoms with Crippen LogP contribution in [0.25, 0.3) is 10.9 Å². The summed E-state index contributed by atoms with van der Waals surface area (Å²) >= 11 is 3.59. The van der Waals surface area contributed by atoms with Crippen molar-refractivity contribution in [1.29, 1.82) is 0 Å². The zero-order chi connectivity index (χ0) is 13.8. The second-order valence-electron chi connectivity index (χ2n) is 4.98. The summed E-state index contributed by atoms with van der Waals surface area (Å²) in [7, 11) is 0. The highest BCUT2D eigenvalue weighted by molar-refractivity contribution is 9.10. The molecule has 0 aliphatic rings. The average Bonchev–Trinajstić information content (AvgIpc) is 2.89. The van der Waals surface area contributed by atoms with E-state index in [1.165, 1.54) is 26.5 Å². The molecule has 0 aliphatic carbocycles. The third kappa shape index (κ3) is 2.94. The van der Waals surface area contributed by atoms with Gasteiger partial charge in [-0.05, 0) is 17.7 Å². The van der Waals surface area contributed by atoms with Crippen molar-refractivity contribution in [3.05, 3.63) is 70.3 Å². The van der Waals surface area contributed by atoms with Gasteiger partial charge in [-0.3, -0.25) is 0 Å². The van der Waals surface area contributed by atoms with Crippen molar-refractivity contribution in [2.45, 2.75) is 13.0 Å². The molecule has 20 heavy (non-hydrogen) atoms. The van der Waals surface area contributed by atoms with E-state index in [0.717, 1.165) is 19.5 Å². The van der Waals surface area contributed by atoms with Crippen LogP contribution in [-0.2, 0) is 13.0 Å². The highest BCUT2D eigenvalue weighted by Gasteiger charge is 2.04. The highest BCUT2D eigenvalue weighted by atomic mass is 79.9. The molecule has 2 aromatic carbocycles. The van der Waals surface area contributed by atoms with Crippen LogP contribution in [0.1, 0.15) is 11.1 Å². The number of H-pyrrole nitrogens is 1. The number of benzene rings is 2. The molecule has 0 fully saturated rings. The van der Waals surface area contributed by atoms with Crippen molar-refractivity contribution in [3.63, 3.8) is 0 Å². The summed E-state index contributed by atoms with van der Waals surface area (Å²) in [6.07, 6.45) is 3.23. The molecule has 3 aromatic rings.